The second-order valence-corrected chi connectivity index (χ2v) is 8.24. The van der Waals surface area contributed by atoms with E-state index in [0.29, 0.717) is 16.8 Å². The molecule has 1 atom stereocenters. The van der Waals surface area contributed by atoms with Gasteiger partial charge < -0.3 is 10.0 Å². The van der Waals surface area contributed by atoms with Crippen molar-refractivity contribution in [3.8, 4) is 5.75 Å². The van der Waals surface area contributed by atoms with E-state index >= 15 is 0 Å². The Balaban J connectivity index is 1.32. The summed E-state index contributed by atoms with van der Waals surface area (Å²) in [5.41, 5.74) is 2.00. The van der Waals surface area contributed by atoms with Crippen LogP contribution in [0.5, 0.6) is 5.75 Å². The van der Waals surface area contributed by atoms with Crippen LogP contribution in [0.25, 0.3) is 0 Å². The maximum absolute atomic E-state index is 13.1. The molecule has 0 aromatic heterocycles. The number of nitrogens with zero attached hydrogens (tertiary/aromatic N) is 3. The van der Waals surface area contributed by atoms with Crippen LogP contribution >= 0.6 is 11.6 Å². The number of likely N-dealkylation sites (tertiary alicyclic amines) is 1. The van der Waals surface area contributed by atoms with E-state index in [-0.39, 0.29) is 5.82 Å². The summed E-state index contributed by atoms with van der Waals surface area (Å²) in [7, 11) is 0. The molecule has 150 valence electrons. The molecular formula is C22H27ClFN3O. The van der Waals surface area contributed by atoms with Gasteiger partial charge >= 0.3 is 0 Å². The van der Waals surface area contributed by atoms with Crippen molar-refractivity contribution in [1.82, 2.24) is 9.80 Å². The molecule has 4 nitrogen and oxygen atoms in total. The van der Waals surface area contributed by atoms with E-state index in [2.05, 4.69) is 14.7 Å². The van der Waals surface area contributed by atoms with Gasteiger partial charge in [-0.25, -0.2) is 4.39 Å². The minimum Gasteiger partial charge on any atom is -0.508 e. The Hall–Kier alpha value is -1.82. The molecule has 4 rings (SSSR count). The van der Waals surface area contributed by atoms with Crippen molar-refractivity contribution in [1.29, 1.82) is 0 Å². The van der Waals surface area contributed by atoms with E-state index in [1.807, 2.05) is 18.2 Å². The van der Waals surface area contributed by atoms with Crippen molar-refractivity contribution in [2.24, 2.45) is 0 Å². The van der Waals surface area contributed by atoms with E-state index in [0.717, 1.165) is 57.1 Å². The number of hydrogen-bond acceptors (Lipinski definition) is 4. The highest BCUT2D eigenvalue weighted by atomic mass is 35.5. The van der Waals surface area contributed by atoms with Crippen LogP contribution in [0, 0.1) is 5.82 Å². The summed E-state index contributed by atoms with van der Waals surface area (Å²) < 4.78 is 13.1. The van der Waals surface area contributed by atoms with Gasteiger partial charge in [-0.1, -0.05) is 11.6 Å². The zero-order valence-electron chi connectivity index (χ0n) is 16.0. The standard InChI is InChI=1S/C22H27ClFN3O/c23-18-3-8-22(28)17(14-18)15-25-9-1-2-21(16-25)27-12-10-26(11-13-27)20-6-4-19(24)5-7-20/h3-8,14,21,28H,1-2,9-13,15-16H2. The highest BCUT2D eigenvalue weighted by Crippen LogP contribution is 2.26. The van der Waals surface area contributed by atoms with Gasteiger partial charge in [0.15, 0.2) is 0 Å². The predicted molar refractivity (Wildman–Crippen MR) is 112 cm³/mol. The van der Waals surface area contributed by atoms with Gasteiger partial charge in [0.05, 0.1) is 0 Å². The fourth-order valence-electron chi connectivity index (χ4n) is 4.39. The van der Waals surface area contributed by atoms with Crippen LogP contribution in [0.3, 0.4) is 0 Å². The summed E-state index contributed by atoms with van der Waals surface area (Å²) in [5.74, 6) is 0.134. The smallest absolute Gasteiger partial charge is 0.123 e. The zero-order valence-corrected chi connectivity index (χ0v) is 16.8. The molecular weight excluding hydrogens is 377 g/mol. The van der Waals surface area contributed by atoms with Crippen LogP contribution in [0.15, 0.2) is 42.5 Å². The van der Waals surface area contributed by atoms with E-state index in [9.17, 15) is 9.50 Å². The number of phenolic OH excluding ortho intramolecular Hbond substituents is 1. The average Bonchev–Trinajstić information content (AvgIpc) is 2.72. The molecule has 2 aliphatic heterocycles. The molecule has 6 heteroatoms. The van der Waals surface area contributed by atoms with Crippen LogP contribution in [0.2, 0.25) is 5.02 Å². The SMILES string of the molecule is Oc1ccc(Cl)cc1CN1CCCC(N2CCN(c3ccc(F)cc3)CC2)C1. The van der Waals surface area contributed by atoms with Crippen LogP contribution in [-0.2, 0) is 6.54 Å². The maximum Gasteiger partial charge on any atom is 0.123 e. The topological polar surface area (TPSA) is 30.0 Å². The van der Waals surface area contributed by atoms with E-state index < -0.39 is 0 Å². The molecule has 28 heavy (non-hydrogen) atoms. The third-order valence-electron chi connectivity index (χ3n) is 5.94. The van der Waals surface area contributed by atoms with Gasteiger partial charge in [-0.3, -0.25) is 9.80 Å². The lowest BCUT2D eigenvalue weighted by Crippen LogP contribution is -2.55. The zero-order chi connectivity index (χ0) is 19.5. The summed E-state index contributed by atoms with van der Waals surface area (Å²) in [4.78, 5) is 7.34. The first-order chi connectivity index (χ1) is 13.6. The highest BCUT2D eigenvalue weighted by Gasteiger charge is 2.28. The third kappa shape index (κ3) is 4.59. The quantitative estimate of drug-likeness (QED) is 0.836. The van der Waals surface area contributed by atoms with Crippen molar-refractivity contribution in [2.75, 3.05) is 44.2 Å². The summed E-state index contributed by atoms with van der Waals surface area (Å²) in [6.45, 7) is 6.80. The number of benzene rings is 2. The molecule has 2 fully saturated rings. The second-order valence-electron chi connectivity index (χ2n) is 7.80. The van der Waals surface area contributed by atoms with Crippen LogP contribution in [0.4, 0.5) is 10.1 Å². The lowest BCUT2D eigenvalue weighted by atomic mass is 10.0. The van der Waals surface area contributed by atoms with E-state index in [1.54, 1.807) is 12.1 Å². The normalized spacial score (nSPS) is 21.8. The Bertz CT molecular complexity index is 793. The van der Waals surface area contributed by atoms with Crippen molar-refractivity contribution in [3.05, 3.63) is 58.9 Å². The van der Waals surface area contributed by atoms with Gasteiger partial charge in [0, 0.05) is 61.6 Å². The first-order valence-electron chi connectivity index (χ1n) is 10.0. The third-order valence-corrected chi connectivity index (χ3v) is 6.17. The molecule has 1 unspecified atom stereocenters. The molecule has 0 aliphatic carbocycles. The number of piperidine rings is 1. The van der Waals surface area contributed by atoms with Gasteiger partial charge in [-0.05, 0) is 61.9 Å². The molecule has 2 aromatic rings. The molecule has 2 saturated heterocycles. The van der Waals surface area contributed by atoms with Crippen molar-refractivity contribution >= 4 is 17.3 Å². The van der Waals surface area contributed by atoms with Gasteiger partial charge in [-0.15, -0.1) is 0 Å². The Morgan fingerprint density at radius 2 is 1.75 bits per heavy atom. The average molecular weight is 404 g/mol. The van der Waals surface area contributed by atoms with Crippen LogP contribution in [0.1, 0.15) is 18.4 Å². The number of halogens is 2. The summed E-state index contributed by atoms with van der Waals surface area (Å²) >= 11 is 6.09. The Kier molecular flexibility index (Phi) is 6.04. The summed E-state index contributed by atoms with van der Waals surface area (Å²) in [6.07, 6.45) is 2.39. The number of anilines is 1. The first kappa shape index (κ1) is 19.5. The number of aromatic hydroxyl groups is 1. The second kappa shape index (κ2) is 8.68. The lowest BCUT2D eigenvalue weighted by Gasteiger charge is -2.44. The van der Waals surface area contributed by atoms with E-state index in [1.165, 1.54) is 25.0 Å². The van der Waals surface area contributed by atoms with Crippen molar-refractivity contribution < 1.29 is 9.50 Å². The van der Waals surface area contributed by atoms with Gasteiger partial charge in [0.25, 0.3) is 0 Å². The number of piperazine rings is 1. The number of hydrogen-bond donors (Lipinski definition) is 1. The van der Waals surface area contributed by atoms with Crippen LogP contribution in [-0.4, -0.2) is 60.2 Å². The molecule has 0 spiro atoms. The monoisotopic (exact) mass is 403 g/mol. The highest BCUT2D eigenvalue weighted by molar-refractivity contribution is 6.30. The van der Waals surface area contributed by atoms with Crippen LogP contribution < -0.4 is 4.90 Å². The largest absolute Gasteiger partial charge is 0.508 e. The van der Waals surface area contributed by atoms with E-state index in [4.69, 9.17) is 11.6 Å². The van der Waals surface area contributed by atoms with Gasteiger partial charge in [0.1, 0.15) is 11.6 Å². The minimum atomic E-state index is -0.185. The fourth-order valence-corrected chi connectivity index (χ4v) is 4.59. The number of rotatable bonds is 4. The van der Waals surface area contributed by atoms with Gasteiger partial charge in [0.2, 0.25) is 0 Å². The molecule has 2 heterocycles. The molecule has 0 amide bonds. The Labute approximate surface area is 171 Å². The molecule has 0 bridgehead atoms. The fraction of sp³-hybridized carbons (Fsp3) is 0.455. The summed E-state index contributed by atoms with van der Waals surface area (Å²) in [5, 5.41) is 10.8. The molecule has 2 aliphatic rings. The first-order valence-corrected chi connectivity index (χ1v) is 10.4. The number of phenols is 1. The molecule has 0 radical (unpaired) electrons. The Morgan fingerprint density at radius 1 is 1.00 bits per heavy atom. The molecule has 0 saturated carbocycles. The van der Waals surface area contributed by atoms with Crippen molar-refractivity contribution in [3.63, 3.8) is 0 Å². The molecule has 2 aromatic carbocycles. The summed E-state index contributed by atoms with van der Waals surface area (Å²) in [6, 6.07) is 12.6. The Morgan fingerprint density at radius 3 is 2.50 bits per heavy atom. The molecule has 1 N–H and O–H groups in total. The minimum absolute atomic E-state index is 0.185. The van der Waals surface area contributed by atoms with Gasteiger partial charge in [-0.2, -0.15) is 0 Å². The lowest BCUT2D eigenvalue weighted by molar-refractivity contribution is 0.0883. The maximum atomic E-state index is 13.1. The van der Waals surface area contributed by atoms with Crippen molar-refractivity contribution in [2.45, 2.75) is 25.4 Å². The predicted octanol–water partition coefficient (Wildman–Crippen LogP) is 3.97.